The molecule has 1 saturated carbocycles. The van der Waals surface area contributed by atoms with Crippen molar-refractivity contribution in [3.8, 4) is 0 Å². The first-order valence-electron chi connectivity index (χ1n) is 7.57. The van der Waals surface area contributed by atoms with Gasteiger partial charge in [-0.2, -0.15) is 0 Å². The molecule has 1 aromatic carbocycles. The number of halogens is 1. The van der Waals surface area contributed by atoms with E-state index >= 15 is 0 Å². The van der Waals surface area contributed by atoms with Crippen LogP contribution in [0.4, 0.5) is 4.39 Å². The average molecular weight is 263 g/mol. The molecule has 0 spiro atoms. The van der Waals surface area contributed by atoms with Crippen LogP contribution in [0.5, 0.6) is 0 Å². The summed E-state index contributed by atoms with van der Waals surface area (Å²) in [6.07, 6.45) is 5.26. The third-order valence-electron chi connectivity index (χ3n) is 4.51. The highest BCUT2D eigenvalue weighted by atomic mass is 19.1. The molecule has 3 atom stereocenters. The van der Waals surface area contributed by atoms with Gasteiger partial charge in [0.1, 0.15) is 5.82 Å². The molecule has 2 heteroatoms. The zero-order valence-corrected chi connectivity index (χ0v) is 12.3. The van der Waals surface area contributed by atoms with Gasteiger partial charge in [-0.05, 0) is 49.3 Å². The SMILES string of the molecule is CC(NC1CCCC(C(C)C)C1)c1ccc(F)cc1. The molecule has 106 valence electrons. The van der Waals surface area contributed by atoms with E-state index in [2.05, 4.69) is 26.1 Å². The van der Waals surface area contributed by atoms with Crippen LogP contribution in [0.25, 0.3) is 0 Å². The normalized spacial score (nSPS) is 25.5. The van der Waals surface area contributed by atoms with Crippen LogP contribution in [0.15, 0.2) is 24.3 Å². The second-order valence-electron chi connectivity index (χ2n) is 6.31. The molecular weight excluding hydrogens is 237 g/mol. The number of hydrogen-bond acceptors (Lipinski definition) is 1. The molecule has 2 rings (SSSR count). The Kier molecular flexibility index (Phi) is 4.98. The Balaban J connectivity index is 1.91. The number of rotatable bonds is 4. The molecule has 1 aromatic rings. The highest BCUT2D eigenvalue weighted by Gasteiger charge is 2.25. The summed E-state index contributed by atoms with van der Waals surface area (Å²) in [6.45, 7) is 6.83. The van der Waals surface area contributed by atoms with Crippen molar-refractivity contribution in [1.82, 2.24) is 5.32 Å². The van der Waals surface area contributed by atoms with Crippen LogP contribution in [-0.4, -0.2) is 6.04 Å². The predicted molar refractivity (Wildman–Crippen MR) is 78.5 cm³/mol. The Hall–Kier alpha value is -0.890. The molecular formula is C17H26FN. The van der Waals surface area contributed by atoms with Crippen molar-refractivity contribution in [2.45, 2.75) is 58.5 Å². The second kappa shape index (κ2) is 6.51. The van der Waals surface area contributed by atoms with Crippen molar-refractivity contribution in [2.24, 2.45) is 11.8 Å². The second-order valence-corrected chi connectivity index (χ2v) is 6.31. The van der Waals surface area contributed by atoms with Crippen LogP contribution < -0.4 is 5.32 Å². The van der Waals surface area contributed by atoms with Gasteiger partial charge in [-0.15, -0.1) is 0 Å². The molecule has 1 aliphatic rings. The average Bonchev–Trinajstić information content (AvgIpc) is 2.39. The molecule has 0 radical (unpaired) electrons. The lowest BCUT2D eigenvalue weighted by molar-refractivity contribution is 0.223. The standard InChI is InChI=1S/C17H26FN/c1-12(2)15-5-4-6-17(11-15)19-13(3)14-7-9-16(18)10-8-14/h7-10,12-13,15,17,19H,4-6,11H2,1-3H3. The summed E-state index contributed by atoms with van der Waals surface area (Å²) in [5, 5.41) is 3.72. The van der Waals surface area contributed by atoms with Crippen molar-refractivity contribution in [3.05, 3.63) is 35.6 Å². The summed E-state index contributed by atoms with van der Waals surface area (Å²) in [6, 6.07) is 7.78. The van der Waals surface area contributed by atoms with E-state index in [1.807, 2.05) is 12.1 Å². The van der Waals surface area contributed by atoms with Crippen molar-refractivity contribution >= 4 is 0 Å². The molecule has 1 nitrogen and oxygen atoms in total. The maximum atomic E-state index is 12.9. The van der Waals surface area contributed by atoms with Crippen LogP contribution in [0.2, 0.25) is 0 Å². The molecule has 0 bridgehead atoms. The van der Waals surface area contributed by atoms with Gasteiger partial charge in [-0.1, -0.05) is 38.8 Å². The van der Waals surface area contributed by atoms with Gasteiger partial charge in [-0.3, -0.25) is 0 Å². The third kappa shape index (κ3) is 4.04. The fourth-order valence-corrected chi connectivity index (χ4v) is 3.19. The molecule has 0 aromatic heterocycles. The maximum absolute atomic E-state index is 12.9. The van der Waals surface area contributed by atoms with Crippen molar-refractivity contribution in [3.63, 3.8) is 0 Å². The minimum atomic E-state index is -0.159. The van der Waals surface area contributed by atoms with Gasteiger partial charge < -0.3 is 5.32 Å². The largest absolute Gasteiger partial charge is 0.307 e. The van der Waals surface area contributed by atoms with Gasteiger partial charge in [0.2, 0.25) is 0 Å². The summed E-state index contributed by atoms with van der Waals surface area (Å²) >= 11 is 0. The topological polar surface area (TPSA) is 12.0 Å². The Bertz CT molecular complexity index is 385. The fourth-order valence-electron chi connectivity index (χ4n) is 3.19. The first kappa shape index (κ1) is 14.5. The lowest BCUT2D eigenvalue weighted by Gasteiger charge is -2.34. The highest BCUT2D eigenvalue weighted by Crippen LogP contribution is 2.31. The number of nitrogens with one attached hydrogen (secondary N) is 1. The quantitative estimate of drug-likeness (QED) is 0.831. The Morgan fingerprint density at radius 1 is 1.11 bits per heavy atom. The molecule has 0 amide bonds. The molecule has 0 heterocycles. The molecule has 0 saturated heterocycles. The predicted octanol–water partition coefficient (Wildman–Crippen LogP) is 4.69. The lowest BCUT2D eigenvalue weighted by atomic mass is 9.79. The van der Waals surface area contributed by atoms with Gasteiger partial charge in [0.15, 0.2) is 0 Å². The Morgan fingerprint density at radius 3 is 2.42 bits per heavy atom. The molecule has 1 fully saturated rings. The Labute approximate surface area is 116 Å². The van der Waals surface area contributed by atoms with Crippen LogP contribution in [0.1, 0.15) is 58.1 Å². The van der Waals surface area contributed by atoms with E-state index in [9.17, 15) is 4.39 Å². The zero-order valence-electron chi connectivity index (χ0n) is 12.3. The van der Waals surface area contributed by atoms with E-state index in [-0.39, 0.29) is 5.82 Å². The Morgan fingerprint density at radius 2 is 1.79 bits per heavy atom. The van der Waals surface area contributed by atoms with Gasteiger partial charge in [-0.25, -0.2) is 4.39 Å². The summed E-state index contributed by atoms with van der Waals surface area (Å²) in [5.41, 5.74) is 1.17. The van der Waals surface area contributed by atoms with Gasteiger partial charge in [0, 0.05) is 12.1 Å². The molecule has 0 aliphatic heterocycles. The molecule has 3 unspecified atom stereocenters. The van der Waals surface area contributed by atoms with Gasteiger partial charge in [0.05, 0.1) is 0 Å². The lowest BCUT2D eigenvalue weighted by Crippen LogP contribution is -2.37. The highest BCUT2D eigenvalue weighted by molar-refractivity contribution is 5.19. The summed E-state index contributed by atoms with van der Waals surface area (Å²) in [7, 11) is 0. The number of hydrogen-bond donors (Lipinski definition) is 1. The van der Waals surface area contributed by atoms with E-state index in [1.54, 1.807) is 12.1 Å². The summed E-state index contributed by atoms with van der Waals surface area (Å²) in [4.78, 5) is 0. The van der Waals surface area contributed by atoms with Crippen LogP contribution in [0, 0.1) is 17.7 Å². The van der Waals surface area contributed by atoms with E-state index in [0.29, 0.717) is 12.1 Å². The first-order chi connectivity index (χ1) is 9.06. The van der Waals surface area contributed by atoms with Crippen molar-refractivity contribution in [1.29, 1.82) is 0 Å². The monoisotopic (exact) mass is 263 g/mol. The molecule has 1 aliphatic carbocycles. The first-order valence-corrected chi connectivity index (χ1v) is 7.57. The van der Waals surface area contributed by atoms with E-state index in [0.717, 1.165) is 11.8 Å². The van der Waals surface area contributed by atoms with Crippen molar-refractivity contribution in [2.75, 3.05) is 0 Å². The van der Waals surface area contributed by atoms with Crippen LogP contribution in [0.3, 0.4) is 0 Å². The number of benzene rings is 1. The molecule has 19 heavy (non-hydrogen) atoms. The zero-order chi connectivity index (χ0) is 13.8. The van der Waals surface area contributed by atoms with Crippen LogP contribution >= 0.6 is 0 Å². The van der Waals surface area contributed by atoms with E-state index in [1.165, 1.54) is 31.2 Å². The summed E-state index contributed by atoms with van der Waals surface area (Å²) < 4.78 is 12.9. The summed E-state index contributed by atoms with van der Waals surface area (Å²) in [5.74, 6) is 1.48. The third-order valence-corrected chi connectivity index (χ3v) is 4.51. The van der Waals surface area contributed by atoms with E-state index < -0.39 is 0 Å². The fraction of sp³-hybridized carbons (Fsp3) is 0.647. The van der Waals surface area contributed by atoms with Gasteiger partial charge >= 0.3 is 0 Å². The minimum Gasteiger partial charge on any atom is -0.307 e. The smallest absolute Gasteiger partial charge is 0.123 e. The van der Waals surface area contributed by atoms with Crippen LogP contribution in [-0.2, 0) is 0 Å². The van der Waals surface area contributed by atoms with Gasteiger partial charge in [0.25, 0.3) is 0 Å². The minimum absolute atomic E-state index is 0.159. The van der Waals surface area contributed by atoms with Crippen molar-refractivity contribution < 1.29 is 4.39 Å². The molecule has 1 N–H and O–H groups in total. The van der Waals surface area contributed by atoms with E-state index in [4.69, 9.17) is 0 Å². The maximum Gasteiger partial charge on any atom is 0.123 e.